The van der Waals surface area contributed by atoms with Gasteiger partial charge in [-0.2, -0.15) is 4.98 Å². The maximum Gasteiger partial charge on any atom is 0.240 e. The molecule has 0 unspecified atom stereocenters. The second kappa shape index (κ2) is 5.25. The molecule has 0 atom stereocenters. The van der Waals surface area contributed by atoms with E-state index in [2.05, 4.69) is 15.5 Å². The van der Waals surface area contributed by atoms with Crippen LogP contribution in [0.25, 0.3) is 0 Å². The molecule has 1 aromatic heterocycles. The first-order valence-corrected chi connectivity index (χ1v) is 5.47. The van der Waals surface area contributed by atoms with Crippen LogP contribution in [0.2, 0.25) is 5.02 Å². The van der Waals surface area contributed by atoms with Crippen molar-refractivity contribution in [3.05, 3.63) is 46.3 Å². The third kappa shape index (κ3) is 3.01. The van der Waals surface area contributed by atoms with Gasteiger partial charge in [-0.15, -0.1) is 0 Å². The highest BCUT2D eigenvalue weighted by Gasteiger charge is 2.09. The molecule has 0 aliphatic heterocycles. The second-order valence-electron chi connectivity index (χ2n) is 3.55. The molecular weight excluding hydrogens is 245 g/mol. The molecule has 90 valence electrons. The van der Waals surface area contributed by atoms with E-state index in [0.717, 1.165) is 5.56 Å². The van der Waals surface area contributed by atoms with Crippen LogP contribution >= 0.6 is 11.6 Å². The van der Waals surface area contributed by atoms with Crippen LogP contribution in [0.5, 0.6) is 0 Å². The highest BCUT2D eigenvalue weighted by atomic mass is 35.5. The topological polar surface area (TPSA) is 51.0 Å². The highest BCUT2D eigenvalue weighted by molar-refractivity contribution is 6.31. The minimum Gasteiger partial charge on any atom is -0.338 e. The molecule has 0 amide bonds. The maximum atomic E-state index is 12.8. The van der Waals surface area contributed by atoms with Crippen LogP contribution < -0.4 is 5.32 Å². The number of nitrogens with one attached hydrogen (secondary N) is 1. The standard InChI is InChI=1S/C11H11ClFN3O/c1-14-6-11-15-10(16-17-11)4-7-2-3-8(13)5-9(7)12/h2-3,5,14H,4,6H2,1H3. The largest absolute Gasteiger partial charge is 0.338 e. The van der Waals surface area contributed by atoms with Crippen molar-refractivity contribution in [2.24, 2.45) is 0 Å². The Morgan fingerprint density at radius 2 is 2.29 bits per heavy atom. The molecule has 0 spiro atoms. The molecule has 17 heavy (non-hydrogen) atoms. The number of aromatic nitrogens is 2. The summed E-state index contributed by atoms with van der Waals surface area (Å²) in [5, 5.41) is 7.09. The van der Waals surface area contributed by atoms with Crippen LogP contribution in [0.4, 0.5) is 4.39 Å². The van der Waals surface area contributed by atoms with E-state index in [4.69, 9.17) is 16.1 Å². The van der Waals surface area contributed by atoms with Crippen molar-refractivity contribution >= 4 is 11.6 Å². The Kier molecular flexibility index (Phi) is 3.71. The number of halogens is 2. The van der Waals surface area contributed by atoms with Crippen LogP contribution in [0.3, 0.4) is 0 Å². The van der Waals surface area contributed by atoms with Gasteiger partial charge in [0, 0.05) is 11.4 Å². The molecule has 0 saturated carbocycles. The van der Waals surface area contributed by atoms with Gasteiger partial charge in [-0.1, -0.05) is 22.8 Å². The summed E-state index contributed by atoms with van der Waals surface area (Å²) in [7, 11) is 1.79. The summed E-state index contributed by atoms with van der Waals surface area (Å²) in [6.45, 7) is 0.518. The Morgan fingerprint density at radius 1 is 1.47 bits per heavy atom. The molecule has 1 heterocycles. The van der Waals surface area contributed by atoms with Crippen molar-refractivity contribution in [1.29, 1.82) is 0 Å². The Bertz CT molecular complexity index is 515. The molecule has 2 rings (SSSR count). The summed E-state index contributed by atoms with van der Waals surface area (Å²) in [5.41, 5.74) is 0.768. The first-order valence-electron chi connectivity index (χ1n) is 5.09. The van der Waals surface area contributed by atoms with Crippen LogP contribution in [0, 0.1) is 5.82 Å². The van der Waals surface area contributed by atoms with E-state index in [-0.39, 0.29) is 5.82 Å². The van der Waals surface area contributed by atoms with Gasteiger partial charge >= 0.3 is 0 Å². The molecule has 6 heteroatoms. The smallest absolute Gasteiger partial charge is 0.240 e. The van der Waals surface area contributed by atoms with Gasteiger partial charge in [0.2, 0.25) is 5.89 Å². The molecule has 0 radical (unpaired) electrons. The van der Waals surface area contributed by atoms with Gasteiger partial charge in [-0.3, -0.25) is 0 Å². The summed E-state index contributed by atoms with van der Waals surface area (Å²) in [5.74, 6) is 0.687. The third-order valence-corrected chi connectivity index (χ3v) is 2.55. The van der Waals surface area contributed by atoms with Gasteiger partial charge in [0.05, 0.1) is 6.54 Å². The number of hydrogen-bond acceptors (Lipinski definition) is 4. The number of rotatable bonds is 4. The van der Waals surface area contributed by atoms with Crippen molar-refractivity contribution in [2.45, 2.75) is 13.0 Å². The Balaban J connectivity index is 2.13. The Hall–Kier alpha value is -1.46. The fraction of sp³-hybridized carbons (Fsp3) is 0.273. The molecule has 0 fully saturated rings. The average molecular weight is 256 g/mol. The van der Waals surface area contributed by atoms with E-state index in [1.54, 1.807) is 13.1 Å². The normalized spacial score (nSPS) is 10.8. The van der Waals surface area contributed by atoms with Gasteiger partial charge in [0.15, 0.2) is 5.82 Å². The molecule has 1 N–H and O–H groups in total. The Labute approximate surface area is 103 Å². The van der Waals surface area contributed by atoms with Gasteiger partial charge < -0.3 is 9.84 Å². The fourth-order valence-corrected chi connectivity index (χ4v) is 1.65. The molecule has 0 saturated heterocycles. The molecular formula is C11H11ClFN3O. The van der Waals surface area contributed by atoms with Crippen molar-refractivity contribution < 1.29 is 8.91 Å². The summed E-state index contributed by atoms with van der Waals surface area (Å²) in [4.78, 5) is 4.17. The highest BCUT2D eigenvalue weighted by Crippen LogP contribution is 2.19. The first-order chi connectivity index (χ1) is 8.19. The lowest BCUT2D eigenvalue weighted by Gasteiger charge is -2.00. The first kappa shape index (κ1) is 12.0. The van der Waals surface area contributed by atoms with Crippen molar-refractivity contribution in [1.82, 2.24) is 15.5 Å². The molecule has 2 aromatic rings. The summed E-state index contributed by atoms with van der Waals surface area (Å²) >= 11 is 5.91. The minimum absolute atomic E-state index is 0.359. The predicted molar refractivity (Wildman–Crippen MR) is 61.3 cm³/mol. The zero-order chi connectivity index (χ0) is 12.3. The Morgan fingerprint density at radius 3 is 3.00 bits per heavy atom. The lowest BCUT2D eigenvalue weighted by atomic mass is 10.1. The minimum atomic E-state index is -0.359. The van der Waals surface area contributed by atoms with E-state index >= 15 is 0 Å². The average Bonchev–Trinajstić information content (AvgIpc) is 2.71. The van der Waals surface area contributed by atoms with Crippen LogP contribution in [0.15, 0.2) is 22.7 Å². The second-order valence-corrected chi connectivity index (χ2v) is 3.95. The van der Waals surface area contributed by atoms with Gasteiger partial charge in [-0.25, -0.2) is 4.39 Å². The molecule has 1 aromatic carbocycles. The molecule has 0 bridgehead atoms. The lowest BCUT2D eigenvalue weighted by Crippen LogP contribution is -2.05. The van der Waals surface area contributed by atoms with Crippen LogP contribution in [-0.2, 0) is 13.0 Å². The van der Waals surface area contributed by atoms with E-state index in [0.29, 0.717) is 29.7 Å². The SMILES string of the molecule is CNCc1nc(Cc2ccc(F)cc2Cl)no1. The maximum absolute atomic E-state index is 12.8. The predicted octanol–water partition coefficient (Wildman–Crippen LogP) is 2.17. The zero-order valence-electron chi connectivity index (χ0n) is 9.20. The lowest BCUT2D eigenvalue weighted by molar-refractivity contribution is 0.367. The third-order valence-electron chi connectivity index (χ3n) is 2.20. The number of nitrogens with zero attached hydrogens (tertiary/aromatic N) is 2. The molecule has 0 aliphatic carbocycles. The van der Waals surface area contributed by atoms with E-state index in [9.17, 15) is 4.39 Å². The van der Waals surface area contributed by atoms with Gasteiger partial charge in [0.1, 0.15) is 5.82 Å². The quantitative estimate of drug-likeness (QED) is 0.910. The van der Waals surface area contributed by atoms with Crippen LogP contribution in [0.1, 0.15) is 17.3 Å². The summed E-state index contributed by atoms with van der Waals surface area (Å²) in [6.07, 6.45) is 0.423. The van der Waals surface area contributed by atoms with Crippen molar-refractivity contribution in [2.75, 3.05) is 7.05 Å². The van der Waals surface area contributed by atoms with Crippen molar-refractivity contribution in [3.8, 4) is 0 Å². The number of benzene rings is 1. The van der Waals surface area contributed by atoms with E-state index < -0.39 is 0 Å². The van der Waals surface area contributed by atoms with Gasteiger partial charge in [-0.05, 0) is 24.7 Å². The van der Waals surface area contributed by atoms with Crippen molar-refractivity contribution in [3.63, 3.8) is 0 Å². The molecule has 0 aliphatic rings. The van der Waals surface area contributed by atoms with E-state index in [1.165, 1.54) is 12.1 Å². The summed E-state index contributed by atoms with van der Waals surface area (Å²) in [6, 6.07) is 4.24. The van der Waals surface area contributed by atoms with Crippen LogP contribution in [-0.4, -0.2) is 17.2 Å². The monoisotopic (exact) mass is 255 g/mol. The fourth-order valence-electron chi connectivity index (χ4n) is 1.42. The zero-order valence-corrected chi connectivity index (χ0v) is 9.96. The number of hydrogen-bond donors (Lipinski definition) is 1. The van der Waals surface area contributed by atoms with E-state index in [1.807, 2.05) is 0 Å². The van der Waals surface area contributed by atoms with Gasteiger partial charge in [0.25, 0.3) is 0 Å². The molecule has 4 nitrogen and oxygen atoms in total. The summed E-state index contributed by atoms with van der Waals surface area (Å²) < 4.78 is 17.8.